The quantitative estimate of drug-likeness (QED) is 0.227. The number of hydrogen-bond acceptors (Lipinski definition) is 6. The van der Waals surface area contributed by atoms with E-state index in [2.05, 4.69) is 0 Å². The smallest absolute Gasteiger partial charge is 0.262 e. The lowest BCUT2D eigenvalue weighted by molar-refractivity contribution is 0.0693. The van der Waals surface area contributed by atoms with Crippen LogP contribution in [0.25, 0.3) is 39.7 Å². The number of nitrogens with zero attached hydrogens (tertiary/aromatic N) is 1. The summed E-state index contributed by atoms with van der Waals surface area (Å²) in [6.45, 7) is 0. The van der Waals surface area contributed by atoms with Gasteiger partial charge in [0, 0.05) is 46.7 Å². The van der Waals surface area contributed by atoms with E-state index in [0.717, 1.165) is 33.5 Å². The molecule has 3 nitrogen and oxygen atoms in total. The molecule has 9 heteroatoms. The topological polar surface area (TPSA) is 37.4 Å². The molecule has 6 rings (SSSR count). The van der Waals surface area contributed by atoms with Crippen LogP contribution in [0.4, 0.5) is 0 Å². The van der Waals surface area contributed by atoms with Crippen LogP contribution in [0.1, 0.15) is 20.7 Å². The molecule has 0 unspecified atom stereocenters. The van der Waals surface area contributed by atoms with Crippen molar-refractivity contribution in [3.63, 3.8) is 0 Å². The van der Waals surface area contributed by atoms with Crippen LogP contribution in [0.5, 0.6) is 0 Å². The number of imide groups is 1. The molecule has 1 aliphatic heterocycles. The number of rotatable bonds is 2. The molecule has 5 heterocycles. The predicted molar refractivity (Wildman–Crippen MR) is 130 cm³/mol. The fraction of sp³-hybridized carbons (Fsp3) is 0.0476. The zero-order chi connectivity index (χ0) is 20.7. The first kappa shape index (κ1) is 19.0. The second-order valence-corrected chi connectivity index (χ2v) is 11.6. The normalized spacial score (nSPS) is 13.9. The van der Waals surface area contributed by atoms with Gasteiger partial charge in [-0.2, -0.15) is 0 Å². The SMILES string of the molecule is CN1C(=O)c2c(c(-c3cc4sccc4s3)c(Cl)c(Cl)c2-c2cc3sccc3s2)C1=O. The van der Waals surface area contributed by atoms with Gasteiger partial charge in [-0.25, -0.2) is 0 Å². The van der Waals surface area contributed by atoms with Crippen LogP contribution < -0.4 is 0 Å². The van der Waals surface area contributed by atoms with Crippen molar-refractivity contribution in [2.75, 3.05) is 7.05 Å². The summed E-state index contributed by atoms with van der Waals surface area (Å²) in [6.07, 6.45) is 0. The van der Waals surface area contributed by atoms with Gasteiger partial charge < -0.3 is 0 Å². The second kappa shape index (κ2) is 6.63. The summed E-state index contributed by atoms with van der Waals surface area (Å²) >= 11 is 19.9. The van der Waals surface area contributed by atoms with Gasteiger partial charge in [-0.15, -0.1) is 45.3 Å². The molecular weight excluding hydrogens is 497 g/mol. The number of benzene rings is 1. The van der Waals surface area contributed by atoms with Crippen LogP contribution in [-0.4, -0.2) is 23.8 Å². The molecule has 5 aromatic rings. The van der Waals surface area contributed by atoms with Crippen molar-refractivity contribution < 1.29 is 9.59 Å². The van der Waals surface area contributed by atoms with Crippen LogP contribution in [-0.2, 0) is 0 Å². The van der Waals surface area contributed by atoms with Crippen molar-refractivity contribution in [2.45, 2.75) is 0 Å². The molecule has 0 saturated heterocycles. The summed E-state index contributed by atoms with van der Waals surface area (Å²) in [4.78, 5) is 29.1. The highest BCUT2D eigenvalue weighted by molar-refractivity contribution is 7.29. The maximum Gasteiger partial charge on any atom is 0.262 e. The summed E-state index contributed by atoms with van der Waals surface area (Å²) < 4.78 is 4.46. The highest BCUT2D eigenvalue weighted by atomic mass is 35.5. The number of carbonyl (C=O) groups excluding carboxylic acids is 2. The molecule has 0 fully saturated rings. The van der Waals surface area contributed by atoms with Crippen molar-refractivity contribution in [2.24, 2.45) is 0 Å². The molecule has 2 amide bonds. The van der Waals surface area contributed by atoms with Gasteiger partial charge >= 0.3 is 0 Å². The minimum Gasteiger partial charge on any atom is -0.277 e. The maximum atomic E-state index is 13.1. The number of halogens is 2. The van der Waals surface area contributed by atoms with E-state index in [4.69, 9.17) is 23.2 Å². The fourth-order valence-electron chi connectivity index (χ4n) is 3.79. The molecule has 0 aliphatic carbocycles. The molecule has 0 atom stereocenters. The fourth-order valence-corrected chi connectivity index (χ4v) is 8.81. The lowest BCUT2D eigenvalue weighted by atomic mass is 9.95. The second-order valence-electron chi connectivity index (χ2n) is 6.82. The number of carbonyl (C=O) groups is 2. The third-order valence-corrected chi connectivity index (χ3v) is 10.3. The molecule has 4 aromatic heterocycles. The molecule has 0 bridgehead atoms. The molecule has 0 radical (unpaired) electrons. The van der Waals surface area contributed by atoms with Gasteiger partial charge in [0.1, 0.15) is 0 Å². The Kier molecular flexibility index (Phi) is 4.19. The van der Waals surface area contributed by atoms with Crippen molar-refractivity contribution in [1.82, 2.24) is 4.90 Å². The summed E-state index contributed by atoms with van der Waals surface area (Å²) in [5, 5.41) is 4.68. The zero-order valence-electron chi connectivity index (χ0n) is 15.1. The molecule has 0 N–H and O–H groups in total. The molecule has 0 saturated carbocycles. The third kappa shape index (κ3) is 2.48. The summed E-state index contributed by atoms with van der Waals surface area (Å²) in [6, 6.07) is 8.10. The van der Waals surface area contributed by atoms with Crippen molar-refractivity contribution in [3.8, 4) is 20.9 Å². The Morgan fingerprint density at radius 2 is 1.13 bits per heavy atom. The first-order chi connectivity index (χ1) is 14.5. The number of thiophene rings is 4. The molecule has 148 valence electrons. The van der Waals surface area contributed by atoms with E-state index in [-0.39, 0.29) is 11.8 Å². The van der Waals surface area contributed by atoms with Gasteiger partial charge in [0.05, 0.1) is 21.2 Å². The molecule has 1 aromatic carbocycles. The number of hydrogen-bond donors (Lipinski definition) is 0. The minimum absolute atomic E-state index is 0.313. The van der Waals surface area contributed by atoms with Crippen molar-refractivity contribution in [1.29, 1.82) is 0 Å². The minimum atomic E-state index is -0.347. The lowest BCUT2D eigenvalue weighted by Crippen LogP contribution is -2.24. The van der Waals surface area contributed by atoms with Crippen LogP contribution in [0.2, 0.25) is 10.0 Å². The molecular formula is C21H9Cl2NO2S4. The zero-order valence-corrected chi connectivity index (χ0v) is 19.9. The van der Waals surface area contributed by atoms with Gasteiger partial charge in [0.2, 0.25) is 0 Å². The summed E-state index contributed by atoms with van der Waals surface area (Å²) in [7, 11) is 1.50. The van der Waals surface area contributed by atoms with Gasteiger partial charge in [0.25, 0.3) is 11.8 Å². The van der Waals surface area contributed by atoms with E-state index in [9.17, 15) is 9.59 Å². The van der Waals surface area contributed by atoms with Gasteiger partial charge in [-0.05, 0) is 35.0 Å². The van der Waals surface area contributed by atoms with Gasteiger partial charge in [-0.3, -0.25) is 14.5 Å². The Morgan fingerprint density at radius 1 is 0.700 bits per heavy atom. The van der Waals surface area contributed by atoms with Gasteiger partial charge in [0.15, 0.2) is 0 Å². The average Bonchev–Trinajstić information content (AvgIpc) is 3.49. The average molecular weight is 506 g/mol. The first-order valence-electron chi connectivity index (χ1n) is 8.78. The molecule has 0 spiro atoms. The lowest BCUT2D eigenvalue weighted by Gasteiger charge is -2.14. The summed E-state index contributed by atoms with van der Waals surface area (Å²) in [5.74, 6) is -0.695. The van der Waals surface area contributed by atoms with Crippen LogP contribution in [0.15, 0.2) is 35.0 Å². The van der Waals surface area contributed by atoms with E-state index < -0.39 is 0 Å². The van der Waals surface area contributed by atoms with E-state index >= 15 is 0 Å². The van der Waals surface area contributed by atoms with Crippen molar-refractivity contribution >= 4 is 99.2 Å². The van der Waals surface area contributed by atoms with E-state index in [1.165, 1.54) is 7.05 Å². The Morgan fingerprint density at radius 3 is 1.53 bits per heavy atom. The van der Waals surface area contributed by atoms with Crippen LogP contribution >= 0.6 is 68.5 Å². The van der Waals surface area contributed by atoms with E-state index in [0.29, 0.717) is 32.3 Å². The monoisotopic (exact) mass is 505 g/mol. The highest BCUT2D eigenvalue weighted by Crippen LogP contribution is 2.52. The Balaban J connectivity index is 1.72. The Bertz CT molecular complexity index is 1370. The number of fused-ring (bicyclic) bond motifs is 3. The molecule has 30 heavy (non-hydrogen) atoms. The van der Waals surface area contributed by atoms with Gasteiger partial charge in [-0.1, -0.05) is 23.2 Å². The third-order valence-electron chi connectivity index (χ3n) is 5.19. The Hall–Kier alpha value is -1.74. The van der Waals surface area contributed by atoms with Crippen LogP contribution in [0, 0.1) is 0 Å². The highest BCUT2D eigenvalue weighted by Gasteiger charge is 2.41. The predicted octanol–water partition coefficient (Wildman–Crippen LogP) is 8.11. The van der Waals surface area contributed by atoms with Crippen LogP contribution in [0.3, 0.4) is 0 Å². The Labute approximate surface area is 196 Å². The first-order valence-corrected chi connectivity index (χ1v) is 12.9. The van der Waals surface area contributed by atoms with Crippen molar-refractivity contribution in [3.05, 3.63) is 56.2 Å². The summed E-state index contributed by atoms with van der Waals surface area (Å²) in [5.41, 5.74) is 1.79. The maximum absolute atomic E-state index is 13.1. The largest absolute Gasteiger partial charge is 0.277 e. The number of amides is 2. The molecule has 1 aliphatic rings. The van der Waals surface area contributed by atoms with E-state index in [1.54, 1.807) is 45.3 Å². The standard InChI is InChI=1S/C21H9Cl2NO2S4/c1-24-20(25)16-14(12-6-10-8(29-12)2-4-27-10)18(22)19(23)15(17(16)21(24)26)13-7-11-9(30-13)3-5-28-11/h2-7H,1H3. The van der Waals surface area contributed by atoms with E-state index in [1.807, 2.05) is 35.0 Å².